The van der Waals surface area contributed by atoms with Gasteiger partial charge in [-0.25, -0.2) is 0 Å². The van der Waals surface area contributed by atoms with E-state index >= 15 is 0 Å². The van der Waals surface area contributed by atoms with Gasteiger partial charge in [-0.3, -0.25) is 9.97 Å². The number of pyridine rings is 2. The fourth-order valence-electron chi connectivity index (χ4n) is 10.4. The molecule has 0 atom stereocenters. The van der Waals surface area contributed by atoms with E-state index < -0.39 is 5.41 Å². The summed E-state index contributed by atoms with van der Waals surface area (Å²) in [4.78, 5) is 12.5. The second-order valence-electron chi connectivity index (χ2n) is 18.6. The van der Waals surface area contributed by atoms with Crippen LogP contribution in [0.5, 0.6) is 0 Å². The van der Waals surface area contributed by atoms with Crippen molar-refractivity contribution < 1.29 is 0 Å². The minimum Gasteiger partial charge on any atom is -0.309 e. The molecule has 6 aromatic carbocycles. The van der Waals surface area contributed by atoms with Gasteiger partial charge in [0.25, 0.3) is 0 Å². The molecular weight excluding hydrogens is 735 g/mol. The molecule has 0 aliphatic heterocycles. The SMILES string of the molecule is CC(C)(C)c1ccc(N(c2ccc(C(C)(C)C)cc2)c2cccc3c2sc2c4c(ccc23)C2(c3cccnc3-c3ncccc32)c2ccc3c5c(ccc-4c25)C=C3)cc1. The van der Waals surface area contributed by atoms with E-state index in [4.69, 9.17) is 9.97 Å². The Bertz CT molecular complexity index is 3160. The lowest BCUT2D eigenvalue weighted by Crippen LogP contribution is -2.32. The summed E-state index contributed by atoms with van der Waals surface area (Å²) >= 11 is 1.93. The second kappa shape index (κ2) is 11.9. The lowest BCUT2D eigenvalue weighted by atomic mass is 9.61. The van der Waals surface area contributed by atoms with Crippen molar-refractivity contribution in [2.45, 2.75) is 57.8 Å². The summed E-state index contributed by atoms with van der Waals surface area (Å²) in [5.41, 5.74) is 17.8. The minimum absolute atomic E-state index is 0.0602. The molecule has 3 aromatic heterocycles. The Labute approximate surface area is 349 Å². The molecule has 0 radical (unpaired) electrons. The third-order valence-electron chi connectivity index (χ3n) is 13.3. The van der Waals surface area contributed by atoms with Crippen molar-refractivity contribution in [3.05, 3.63) is 184 Å². The van der Waals surface area contributed by atoms with Crippen molar-refractivity contribution in [3.63, 3.8) is 0 Å². The van der Waals surface area contributed by atoms with Gasteiger partial charge in [0.1, 0.15) is 0 Å². The molecule has 3 heterocycles. The smallest absolute Gasteiger partial charge is 0.0937 e. The van der Waals surface area contributed by atoms with Crippen LogP contribution in [-0.4, -0.2) is 9.97 Å². The number of rotatable bonds is 3. The van der Waals surface area contributed by atoms with Crippen LogP contribution in [0.15, 0.2) is 140 Å². The summed E-state index contributed by atoms with van der Waals surface area (Å²) in [6.07, 6.45) is 8.39. The fraction of sp³-hybridized carbons (Fsp3) is 0.164. The van der Waals surface area contributed by atoms with Crippen LogP contribution in [0, 0.1) is 0 Å². The van der Waals surface area contributed by atoms with Crippen LogP contribution in [0.1, 0.15) is 86.1 Å². The first-order valence-electron chi connectivity index (χ1n) is 20.7. The number of thiophene rings is 1. The van der Waals surface area contributed by atoms with E-state index in [0.29, 0.717) is 0 Å². The lowest BCUT2D eigenvalue weighted by molar-refractivity contribution is 0.590. The number of fused-ring (bicyclic) bond motifs is 13. The minimum atomic E-state index is -0.571. The van der Waals surface area contributed by atoms with Crippen molar-refractivity contribution >= 4 is 71.5 Å². The number of benzene rings is 6. The van der Waals surface area contributed by atoms with Crippen LogP contribution in [0.25, 0.3) is 65.6 Å². The maximum atomic E-state index is 5.04. The maximum Gasteiger partial charge on any atom is 0.0937 e. The molecule has 0 amide bonds. The van der Waals surface area contributed by atoms with E-state index in [2.05, 4.69) is 186 Å². The topological polar surface area (TPSA) is 29.0 Å². The molecule has 59 heavy (non-hydrogen) atoms. The molecule has 0 N–H and O–H groups in total. The molecule has 0 saturated heterocycles. The summed E-state index contributed by atoms with van der Waals surface area (Å²) in [7, 11) is 0. The fourth-order valence-corrected chi connectivity index (χ4v) is 11.8. The third-order valence-corrected chi connectivity index (χ3v) is 14.5. The molecule has 0 fully saturated rings. The summed E-state index contributed by atoms with van der Waals surface area (Å²) in [5.74, 6) is 0. The first kappa shape index (κ1) is 34.7. The molecule has 1 spiro atoms. The monoisotopic (exact) mass is 777 g/mol. The first-order valence-corrected chi connectivity index (χ1v) is 21.5. The van der Waals surface area contributed by atoms with E-state index in [-0.39, 0.29) is 10.8 Å². The third kappa shape index (κ3) is 4.64. The van der Waals surface area contributed by atoms with Gasteiger partial charge in [-0.05, 0) is 114 Å². The highest BCUT2D eigenvalue weighted by Crippen LogP contribution is 2.63. The number of aromatic nitrogens is 2. The molecule has 12 rings (SSSR count). The Kier molecular flexibility index (Phi) is 6.97. The van der Waals surface area contributed by atoms with E-state index in [9.17, 15) is 0 Å². The van der Waals surface area contributed by atoms with Crippen LogP contribution in [0.3, 0.4) is 0 Å². The Balaban J connectivity index is 1.17. The van der Waals surface area contributed by atoms with Crippen LogP contribution in [-0.2, 0) is 16.2 Å². The van der Waals surface area contributed by atoms with E-state index in [1.807, 2.05) is 23.7 Å². The zero-order chi connectivity index (χ0) is 40.0. The van der Waals surface area contributed by atoms with Crippen molar-refractivity contribution in [3.8, 4) is 22.5 Å². The zero-order valence-electron chi connectivity index (χ0n) is 34.2. The van der Waals surface area contributed by atoms with E-state index in [0.717, 1.165) is 22.8 Å². The highest BCUT2D eigenvalue weighted by atomic mass is 32.1. The molecule has 3 aliphatic carbocycles. The van der Waals surface area contributed by atoms with Crippen LogP contribution >= 0.6 is 11.3 Å². The summed E-state index contributed by atoms with van der Waals surface area (Å²) < 4.78 is 2.59. The second-order valence-corrected chi connectivity index (χ2v) is 19.6. The van der Waals surface area contributed by atoms with Crippen molar-refractivity contribution in [1.29, 1.82) is 0 Å². The first-order chi connectivity index (χ1) is 28.5. The van der Waals surface area contributed by atoms with Gasteiger partial charge in [-0.2, -0.15) is 0 Å². The standard InChI is InChI=1S/C55H43N3S/c1-53(2,3)34-18-22-36(23-19-34)58(37-24-20-35(21-25-37)54(4,5)6)45-13-7-10-38-39-27-29-42-48(52(39)59-51(38)45)40-26-16-32-14-15-33-17-28-41(47(40)46(32)33)55(42)43-11-8-30-56-49(43)50-44(55)12-9-31-57-50/h7-31H,1-6H3. The molecule has 0 saturated carbocycles. The van der Waals surface area contributed by atoms with Crippen molar-refractivity contribution in [2.24, 2.45) is 0 Å². The summed E-state index contributed by atoms with van der Waals surface area (Å²) in [6.45, 7) is 13.7. The average Bonchev–Trinajstić information content (AvgIpc) is 3.93. The average molecular weight is 778 g/mol. The molecule has 0 unspecified atom stereocenters. The van der Waals surface area contributed by atoms with Gasteiger partial charge < -0.3 is 4.90 Å². The molecule has 3 aliphatic rings. The Morgan fingerprint density at radius 1 is 0.492 bits per heavy atom. The van der Waals surface area contributed by atoms with Crippen LogP contribution < -0.4 is 4.90 Å². The predicted octanol–water partition coefficient (Wildman–Crippen LogP) is 14.9. The van der Waals surface area contributed by atoms with Gasteiger partial charge in [-0.15, -0.1) is 11.3 Å². The van der Waals surface area contributed by atoms with Crippen LogP contribution in [0.4, 0.5) is 17.1 Å². The van der Waals surface area contributed by atoms with E-state index in [1.165, 1.54) is 92.3 Å². The van der Waals surface area contributed by atoms with Gasteiger partial charge >= 0.3 is 0 Å². The largest absolute Gasteiger partial charge is 0.309 e. The van der Waals surface area contributed by atoms with Gasteiger partial charge in [0.05, 0.1) is 27.2 Å². The molecule has 0 bridgehead atoms. The quantitative estimate of drug-likeness (QED) is 0.179. The Hall–Kier alpha value is -6.36. The summed E-state index contributed by atoms with van der Waals surface area (Å²) in [6, 6.07) is 48.3. The highest BCUT2D eigenvalue weighted by molar-refractivity contribution is 7.27. The molecule has 284 valence electrons. The van der Waals surface area contributed by atoms with Gasteiger partial charge in [-0.1, -0.05) is 139 Å². The number of hydrogen-bond acceptors (Lipinski definition) is 4. The number of hydrogen-bond donors (Lipinski definition) is 0. The van der Waals surface area contributed by atoms with Crippen molar-refractivity contribution in [2.75, 3.05) is 4.90 Å². The highest BCUT2D eigenvalue weighted by Gasteiger charge is 2.52. The zero-order valence-corrected chi connectivity index (χ0v) is 35.0. The lowest BCUT2D eigenvalue weighted by Gasteiger charge is -2.40. The molecule has 9 aromatic rings. The normalized spacial score (nSPS) is 14.3. The molecule has 3 nitrogen and oxygen atoms in total. The molecular formula is C55H43N3S. The molecule has 4 heteroatoms. The number of nitrogens with zero attached hydrogens (tertiary/aromatic N) is 3. The summed E-state index contributed by atoms with van der Waals surface area (Å²) in [5, 5.41) is 5.24. The Morgan fingerprint density at radius 3 is 1.64 bits per heavy atom. The van der Waals surface area contributed by atoms with Gasteiger partial charge in [0, 0.05) is 44.8 Å². The maximum absolute atomic E-state index is 5.04. The van der Waals surface area contributed by atoms with Crippen molar-refractivity contribution in [1.82, 2.24) is 9.97 Å². The predicted molar refractivity (Wildman–Crippen MR) is 250 cm³/mol. The van der Waals surface area contributed by atoms with Crippen LogP contribution in [0.2, 0.25) is 0 Å². The number of anilines is 3. The van der Waals surface area contributed by atoms with E-state index in [1.54, 1.807) is 0 Å². The van der Waals surface area contributed by atoms with Gasteiger partial charge in [0.2, 0.25) is 0 Å². The van der Waals surface area contributed by atoms with Gasteiger partial charge in [0.15, 0.2) is 0 Å². The Morgan fingerprint density at radius 2 is 1.05 bits per heavy atom.